The van der Waals surface area contributed by atoms with Crippen LogP contribution in [0.1, 0.15) is 5.69 Å². The first-order chi connectivity index (χ1) is 5.86. The van der Waals surface area contributed by atoms with Gasteiger partial charge < -0.3 is 15.4 Å². The third-order valence-electron chi connectivity index (χ3n) is 1.56. The van der Waals surface area contributed by atoms with Crippen molar-refractivity contribution >= 4 is 11.8 Å². The molecular weight excluding hydrogens is 174 g/mol. The molecule has 0 radical (unpaired) electrons. The highest BCUT2D eigenvalue weighted by molar-refractivity contribution is 7.99. The van der Waals surface area contributed by atoms with Crippen molar-refractivity contribution in [3.63, 3.8) is 0 Å². The van der Waals surface area contributed by atoms with Crippen LogP contribution in [-0.2, 0) is 6.42 Å². The van der Waals surface area contributed by atoms with Gasteiger partial charge in [-0.15, -0.1) is 11.8 Å². The summed E-state index contributed by atoms with van der Waals surface area (Å²) in [5.74, 6) is 0.139. The summed E-state index contributed by atoms with van der Waals surface area (Å²) >= 11 is 1.47. The van der Waals surface area contributed by atoms with E-state index in [1.54, 1.807) is 12.5 Å². The van der Waals surface area contributed by atoms with Crippen molar-refractivity contribution in [2.75, 3.05) is 13.0 Å². The highest BCUT2D eigenvalue weighted by Crippen LogP contribution is 2.10. The largest absolute Gasteiger partial charge is 0.386 e. The molecule has 0 saturated heterocycles. The SMILES string of the molecule is CN[C@@H](Cc1cnc[nH]1)SCO. The Morgan fingerprint density at radius 3 is 3.17 bits per heavy atom. The maximum atomic E-state index is 8.69. The Kier molecular flexibility index (Phi) is 4.13. The average molecular weight is 187 g/mol. The number of thioether (sulfide) groups is 1. The van der Waals surface area contributed by atoms with Gasteiger partial charge in [-0.1, -0.05) is 0 Å². The number of aliphatic hydroxyl groups is 1. The number of nitrogens with one attached hydrogen (secondary N) is 2. The zero-order valence-corrected chi connectivity index (χ0v) is 7.77. The van der Waals surface area contributed by atoms with Crippen molar-refractivity contribution in [2.24, 2.45) is 0 Å². The van der Waals surface area contributed by atoms with Gasteiger partial charge in [-0.3, -0.25) is 0 Å². The molecule has 0 fully saturated rings. The van der Waals surface area contributed by atoms with E-state index < -0.39 is 0 Å². The van der Waals surface area contributed by atoms with Crippen LogP contribution in [0, 0.1) is 0 Å². The van der Waals surface area contributed by atoms with Crippen molar-refractivity contribution in [2.45, 2.75) is 11.8 Å². The Morgan fingerprint density at radius 2 is 2.67 bits per heavy atom. The van der Waals surface area contributed by atoms with Crippen LogP contribution in [0.2, 0.25) is 0 Å². The molecule has 0 aliphatic rings. The van der Waals surface area contributed by atoms with Gasteiger partial charge in [-0.05, 0) is 7.05 Å². The number of aromatic nitrogens is 2. The maximum absolute atomic E-state index is 8.69. The quantitative estimate of drug-likeness (QED) is 0.576. The summed E-state index contributed by atoms with van der Waals surface area (Å²) in [6.45, 7) is 0. The van der Waals surface area contributed by atoms with Crippen LogP contribution in [0.3, 0.4) is 0 Å². The molecule has 0 saturated carbocycles. The third kappa shape index (κ3) is 2.84. The molecule has 5 heteroatoms. The minimum Gasteiger partial charge on any atom is -0.386 e. The van der Waals surface area contributed by atoms with Crippen molar-refractivity contribution < 1.29 is 5.11 Å². The second kappa shape index (κ2) is 5.18. The minimum absolute atomic E-state index is 0.139. The van der Waals surface area contributed by atoms with Crippen LogP contribution in [0.15, 0.2) is 12.5 Å². The first-order valence-corrected chi connectivity index (χ1v) is 4.78. The molecule has 3 N–H and O–H groups in total. The molecule has 1 rings (SSSR count). The monoisotopic (exact) mass is 187 g/mol. The zero-order chi connectivity index (χ0) is 8.81. The fraction of sp³-hybridized carbons (Fsp3) is 0.571. The van der Waals surface area contributed by atoms with Gasteiger partial charge in [-0.2, -0.15) is 0 Å². The van der Waals surface area contributed by atoms with E-state index in [0.29, 0.717) is 0 Å². The molecular formula is C7H13N3OS. The summed E-state index contributed by atoms with van der Waals surface area (Å²) in [6, 6.07) is 0. The van der Waals surface area contributed by atoms with Crippen molar-refractivity contribution in [1.82, 2.24) is 15.3 Å². The molecule has 0 aliphatic carbocycles. The molecule has 68 valence electrons. The Hall–Kier alpha value is -0.520. The average Bonchev–Trinajstić information content (AvgIpc) is 2.56. The summed E-state index contributed by atoms with van der Waals surface area (Å²) in [4.78, 5) is 6.93. The third-order valence-corrected chi connectivity index (χ3v) is 2.51. The number of aromatic amines is 1. The fourth-order valence-corrected chi connectivity index (χ4v) is 1.57. The summed E-state index contributed by atoms with van der Waals surface area (Å²) in [5, 5.41) is 12.0. The van der Waals surface area contributed by atoms with Crippen molar-refractivity contribution in [3.05, 3.63) is 18.2 Å². The Balaban J connectivity index is 2.37. The van der Waals surface area contributed by atoms with E-state index >= 15 is 0 Å². The zero-order valence-electron chi connectivity index (χ0n) is 6.95. The van der Waals surface area contributed by atoms with Crippen molar-refractivity contribution in [1.29, 1.82) is 0 Å². The lowest BCUT2D eigenvalue weighted by atomic mass is 10.3. The smallest absolute Gasteiger partial charge is 0.0921 e. The van der Waals surface area contributed by atoms with Crippen LogP contribution >= 0.6 is 11.8 Å². The second-order valence-electron chi connectivity index (χ2n) is 2.35. The summed E-state index contributed by atoms with van der Waals surface area (Å²) < 4.78 is 0. The number of H-pyrrole nitrogens is 1. The van der Waals surface area contributed by atoms with Crippen LogP contribution in [-0.4, -0.2) is 33.4 Å². The fourth-order valence-electron chi connectivity index (χ4n) is 0.930. The molecule has 4 nitrogen and oxygen atoms in total. The maximum Gasteiger partial charge on any atom is 0.0921 e. The van der Waals surface area contributed by atoms with Crippen LogP contribution in [0.25, 0.3) is 0 Å². The Labute approximate surface area is 75.8 Å². The standard InChI is InChI=1S/C7H13N3OS/c1-8-7(12-5-11)2-6-3-9-4-10-6/h3-4,7-8,11H,2,5H2,1H3,(H,9,10)/t7-/m1/s1. The van der Waals surface area contributed by atoms with Gasteiger partial charge in [0.1, 0.15) is 0 Å². The predicted molar refractivity (Wildman–Crippen MR) is 49.8 cm³/mol. The van der Waals surface area contributed by atoms with Crippen molar-refractivity contribution in [3.8, 4) is 0 Å². The van der Waals surface area contributed by atoms with Crippen LogP contribution in [0.5, 0.6) is 0 Å². The van der Waals surface area contributed by atoms with Gasteiger partial charge in [-0.25, -0.2) is 4.98 Å². The number of rotatable bonds is 5. The molecule has 1 atom stereocenters. The lowest BCUT2D eigenvalue weighted by molar-refractivity contribution is 0.373. The lowest BCUT2D eigenvalue weighted by Gasteiger charge is -2.12. The van der Waals surface area contributed by atoms with Gasteiger partial charge in [0.15, 0.2) is 0 Å². The van der Waals surface area contributed by atoms with E-state index in [4.69, 9.17) is 5.11 Å². The topological polar surface area (TPSA) is 60.9 Å². The number of hydrogen-bond donors (Lipinski definition) is 3. The molecule has 1 heterocycles. The number of likely N-dealkylation sites (N-methyl/N-ethyl adjacent to an activating group) is 1. The van der Waals surface area contributed by atoms with Gasteiger partial charge in [0, 0.05) is 18.3 Å². The molecule has 1 aromatic rings. The predicted octanol–water partition coefficient (Wildman–Crippen LogP) is 0.181. The summed E-state index contributed by atoms with van der Waals surface area (Å²) in [7, 11) is 1.88. The summed E-state index contributed by atoms with van der Waals surface area (Å²) in [6.07, 6.45) is 4.30. The van der Waals surface area contributed by atoms with E-state index in [2.05, 4.69) is 15.3 Å². The molecule has 1 aromatic heterocycles. The molecule has 0 aromatic carbocycles. The number of hydrogen-bond acceptors (Lipinski definition) is 4. The molecule has 0 spiro atoms. The number of imidazole rings is 1. The van der Waals surface area contributed by atoms with Gasteiger partial charge in [0.25, 0.3) is 0 Å². The first-order valence-electron chi connectivity index (χ1n) is 3.73. The lowest BCUT2D eigenvalue weighted by Crippen LogP contribution is -2.24. The number of nitrogens with zero attached hydrogens (tertiary/aromatic N) is 1. The number of aliphatic hydroxyl groups excluding tert-OH is 1. The Morgan fingerprint density at radius 1 is 1.83 bits per heavy atom. The van der Waals surface area contributed by atoms with Crippen LogP contribution in [0.4, 0.5) is 0 Å². The van der Waals surface area contributed by atoms with E-state index in [-0.39, 0.29) is 11.3 Å². The molecule has 12 heavy (non-hydrogen) atoms. The van der Waals surface area contributed by atoms with E-state index in [1.807, 2.05) is 7.05 Å². The highest BCUT2D eigenvalue weighted by Gasteiger charge is 2.06. The normalized spacial score (nSPS) is 13.2. The molecule has 0 bridgehead atoms. The molecule has 0 aliphatic heterocycles. The van der Waals surface area contributed by atoms with Gasteiger partial charge >= 0.3 is 0 Å². The summed E-state index contributed by atoms with van der Waals surface area (Å²) in [5.41, 5.74) is 1.08. The van der Waals surface area contributed by atoms with Crippen LogP contribution < -0.4 is 5.32 Å². The molecule has 0 amide bonds. The van der Waals surface area contributed by atoms with Gasteiger partial charge in [0.05, 0.1) is 17.6 Å². The first kappa shape index (κ1) is 9.57. The van der Waals surface area contributed by atoms with E-state index in [0.717, 1.165) is 12.1 Å². The Bertz CT molecular complexity index is 202. The molecule has 0 unspecified atom stereocenters. The van der Waals surface area contributed by atoms with E-state index in [1.165, 1.54) is 11.8 Å². The highest BCUT2D eigenvalue weighted by atomic mass is 32.2. The minimum atomic E-state index is 0.139. The van der Waals surface area contributed by atoms with Gasteiger partial charge in [0.2, 0.25) is 0 Å². The second-order valence-corrected chi connectivity index (χ2v) is 3.51. The van der Waals surface area contributed by atoms with E-state index in [9.17, 15) is 0 Å².